The maximum absolute atomic E-state index is 13.9. The summed E-state index contributed by atoms with van der Waals surface area (Å²) in [7, 11) is 0. The van der Waals surface area contributed by atoms with Crippen molar-refractivity contribution in [3.8, 4) is 0 Å². The highest BCUT2D eigenvalue weighted by atomic mass is 19.1. The summed E-state index contributed by atoms with van der Waals surface area (Å²) in [6, 6.07) is 7.67. The normalized spacial score (nSPS) is 10.6. The Balaban J connectivity index is 2.17. The molecule has 2 N–H and O–H groups in total. The zero-order chi connectivity index (χ0) is 20.0. The number of anilines is 2. The fourth-order valence-electron chi connectivity index (χ4n) is 2.17. The lowest BCUT2D eigenvalue weighted by molar-refractivity contribution is -0.111. The second-order valence-corrected chi connectivity index (χ2v) is 6.01. The zero-order valence-electron chi connectivity index (χ0n) is 15.0. The van der Waals surface area contributed by atoms with Crippen LogP contribution in [0.15, 0.2) is 49.1 Å². The molecule has 0 spiro atoms. The van der Waals surface area contributed by atoms with Gasteiger partial charge in [0.2, 0.25) is 5.91 Å². The van der Waals surface area contributed by atoms with Gasteiger partial charge in [0.25, 0.3) is 5.91 Å². The number of carbonyl (C=O) groups excluding carboxylic acids is 2. The molecule has 0 aliphatic rings. The fraction of sp³-hybridized carbons (Fsp3) is 0.200. The average Bonchev–Trinajstić information content (AvgIpc) is 2.63. The summed E-state index contributed by atoms with van der Waals surface area (Å²) < 4.78 is 33.0. The largest absolute Gasteiger partial charge is 0.374 e. The van der Waals surface area contributed by atoms with Crippen molar-refractivity contribution in [2.75, 3.05) is 10.6 Å². The standard InChI is InChI=1S/C20H20F2N2O3/c1-4-19(25)24-18-10-15(6-8-17(18)22)23-20(26)13-5-7-16(21)14(9-13)11-27-12(2)3/h4-10,12H,1,11H2,2-3H3,(H,23,26)(H,24,25). The van der Waals surface area contributed by atoms with Crippen molar-refractivity contribution in [3.63, 3.8) is 0 Å². The van der Waals surface area contributed by atoms with E-state index < -0.39 is 23.4 Å². The number of amides is 2. The van der Waals surface area contributed by atoms with E-state index in [2.05, 4.69) is 17.2 Å². The van der Waals surface area contributed by atoms with Crippen molar-refractivity contribution < 1.29 is 23.1 Å². The first kappa shape index (κ1) is 20.3. The first-order chi connectivity index (χ1) is 12.8. The van der Waals surface area contributed by atoms with Gasteiger partial charge in [-0.3, -0.25) is 9.59 Å². The van der Waals surface area contributed by atoms with Crippen LogP contribution in [0.4, 0.5) is 20.2 Å². The highest BCUT2D eigenvalue weighted by Crippen LogP contribution is 2.21. The van der Waals surface area contributed by atoms with E-state index in [0.29, 0.717) is 0 Å². The molecule has 2 rings (SSSR count). The molecule has 7 heteroatoms. The average molecular weight is 374 g/mol. The third-order valence-electron chi connectivity index (χ3n) is 3.55. The Hall–Kier alpha value is -3.06. The summed E-state index contributed by atoms with van der Waals surface area (Å²) in [5.41, 5.74) is 0.655. The molecule has 2 aromatic carbocycles. The quantitative estimate of drug-likeness (QED) is 0.712. The van der Waals surface area contributed by atoms with Crippen LogP contribution in [0.5, 0.6) is 0 Å². The summed E-state index contributed by atoms with van der Waals surface area (Å²) in [5, 5.41) is 4.89. The van der Waals surface area contributed by atoms with E-state index in [1.54, 1.807) is 0 Å². The predicted octanol–water partition coefficient (Wildman–Crippen LogP) is 4.27. The summed E-state index contributed by atoms with van der Waals surface area (Å²) >= 11 is 0. The minimum absolute atomic E-state index is 0.0406. The first-order valence-electron chi connectivity index (χ1n) is 8.24. The number of nitrogens with one attached hydrogen (secondary N) is 2. The number of halogens is 2. The van der Waals surface area contributed by atoms with Crippen LogP contribution >= 0.6 is 0 Å². The molecular weight excluding hydrogens is 354 g/mol. The van der Waals surface area contributed by atoms with Crippen molar-refractivity contribution >= 4 is 23.2 Å². The third-order valence-corrected chi connectivity index (χ3v) is 3.55. The molecule has 0 unspecified atom stereocenters. The number of ether oxygens (including phenoxy) is 1. The monoisotopic (exact) mass is 374 g/mol. The Morgan fingerprint density at radius 3 is 2.48 bits per heavy atom. The number of rotatable bonds is 7. The Morgan fingerprint density at radius 2 is 1.81 bits per heavy atom. The van der Waals surface area contributed by atoms with Gasteiger partial charge in [-0.25, -0.2) is 8.78 Å². The van der Waals surface area contributed by atoms with Gasteiger partial charge in [0.15, 0.2) is 0 Å². The Kier molecular flexibility index (Phi) is 6.79. The van der Waals surface area contributed by atoms with E-state index in [1.165, 1.54) is 30.3 Å². The van der Waals surface area contributed by atoms with Crippen LogP contribution < -0.4 is 10.6 Å². The summed E-state index contributed by atoms with van der Waals surface area (Å²) in [6.07, 6.45) is 0.926. The van der Waals surface area contributed by atoms with E-state index in [4.69, 9.17) is 4.74 Å². The number of hydrogen-bond acceptors (Lipinski definition) is 3. The smallest absolute Gasteiger partial charge is 0.255 e. The maximum Gasteiger partial charge on any atom is 0.255 e. The molecule has 5 nitrogen and oxygen atoms in total. The summed E-state index contributed by atoms with van der Waals surface area (Å²) in [6.45, 7) is 6.98. The van der Waals surface area contributed by atoms with Crippen LogP contribution in [0.25, 0.3) is 0 Å². The topological polar surface area (TPSA) is 67.4 Å². The summed E-state index contributed by atoms with van der Waals surface area (Å²) in [5.74, 6) is -2.21. The minimum Gasteiger partial charge on any atom is -0.374 e. The third kappa shape index (κ3) is 5.72. The van der Waals surface area contributed by atoms with Gasteiger partial charge >= 0.3 is 0 Å². The van der Waals surface area contributed by atoms with Crippen LogP contribution in [0.2, 0.25) is 0 Å². The van der Waals surface area contributed by atoms with Crippen LogP contribution in [0.3, 0.4) is 0 Å². The van der Waals surface area contributed by atoms with Gasteiger partial charge < -0.3 is 15.4 Å². The van der Waals surface area contributed by atoms with Crippen molar-refractivity contribution in [2.24, 2.45) is 0 Å². The number of hydrogen-bond donors (Lipinski definition) is 2. The van der Waals surface area contributed by atoms with Crippen molar-refractivity contribution in [1.82, 2.24) is 0 Å². The molecule has 0 aliphatic heterocycles. The molecular formula is C20H20F2N2O3. The van der Waals surface area contributed by atoms with Crippen molar-refractivity contribution in [3.05, 3.63) is 71.8 Å². The molecule has 2 aromatic rings. The molecule has 0 aromatic heterocycles. The Labute approximate surface area is 156 Å². The molecule has 0 fully saturated rings. The molecule has 0 heterocycles. The lowest BCUT2D eigenvalue weighted by Gasteiger charge is -2.11. The predicted molar refractivity (Wildman–Crippen MR) is 99.5 cm³/mol. The highest BCUT2D eigenvalue weighted by molar-refractivity contribution is 6.05. The fourth-order valence-corrected chi connectivity index (χ4v) is 2.17. The SMILES string of the molecule is C=CC(=O)Nc1cc(NC(=O)c2ccc(F)c(COC(C)C)c2)ccc1F. The molecule has 27 heavy (non-hydrogen) atoms. The van der Waals surface area contributed by atoms with Gasteiger partial charge in [0, 0.05) is 16.8 Å². The Bertz CT molecular complexity index is 866. The molecule has 0 radical (unpaired) electrons. The van der Waals surface area contributed by atoms with Crippen LogP contribution in [-0.2, 0) is 16.1 Å². The minimum atomic E-state index is -0.655. The zero-order valence-corrected chi connectivity index (χ0v) is 15.0. The van der Waals surface area contributed by atoms with Crippen molar-refractivity contribution in [1.29, 1.82) is 0 Å². The maximum atomic E-state index is 13.9. The van der Waals surface area contributed by atoms with Gasteiger partial charge in [-0.05, 0) is 56.3 Å². The first-order valence-corrected chi connectivity index (χ1v) is 8.24. The Morgan fingerprint density at radius 1 is 1.11 bits per heavy atom. The van der Waals surface area contributed by atoms with E-state index in [1.807, 2.05) is 13.8 Å². The summed E-state index contributed by atoms with van der Waals surface area (Å²) in [4.78, 5) is 23.8. The van der Waals surface area contributed by atoms with Crippen LogP contribution in [0.1, 0.15) is 29.8 Å². The molecule has 0 aliphatic carbocycles. The van der Waals surface area contributed by atoms with E-state index >= 15 is 0 Å². The molecule has 142 valence electrons. The van der Waals surface area contributed by atoms with Crippen LogP contribution in [0, 0.1) is 11.6 Å². The lowest BCUT2D eigenvalue weighted by Crippen LogP contribution is -2.14. The molecule has 0 saturated heterocycles. The highest BCUT2D eigenvalue weighted by Gasteiger charge is 2.12. The van der Waals surface area contributed by atoms with E-state index in [-0.39, 0.29) is 35.2 Å². The van der Waals surface area contributed by atoms with Gasteiger partial charge in [-0.1, -0.05) is 6.58 Å². The second kappa shape index (κ2) is 9.05. The van der Waals surface area contributed by atoms with E-state index in [9.17, 15) is 18.4 Å². The van der Waals surface area contributed by atoms with E-state index in [0.717, 1.165) is 12.1 Å². The van der Waals surface area contributed by atoms with Crippen molar-refractivity contribution in [2.45, 2.75) is 26.6 Å². The van der Waals surface area contributed by atoms with Gasteiger partial charge in [0.1, 0.15) is 11.6 Å². The number of benzene rings is 2. The second-order valence-electron chi connectivity index (χ2n) is 6.01. The van der Waals surface area contributed by atoms with Crippen LogP contribution in [-0.4, -0.2) is 17.9 Å². The van der Waals surface area contributed by atoms with Gasteiger partial charge in [-0.15, -0.1) is 0 Å². The molecule has 2 amide bonds. The molecule has 0 bridgehead atoms. The lowest BCUT2D eigenvalue weighted by atomic mass is 10.1. The molecule has 0 saturated carbocycles. The van der Waals surface area contributed by atoms with Gasteiger partial charge in [-0.2, -0.15) is 0 Å². The number of carbonyl (C=O) groups is 2. The molecule has 0 atom stereocenters. The van der Waals surface area contributed by atoms with Gasteiger partial charge in [0.05, 0.1) is 18.4 Å².